The van der Waals surface area contributed by atoms with E-state index in [9.17, 15) is 10.5 Å². The van der Waals surface area contributed by atoms with Crippen LogP contribution in [0.3, 0.4) is 0 Å². The number of aromatic nitrogens is 3. The van der Waals surface area contributed by atoms with Crippen LogP contribution in [0, 0.1) is 28.1 Å². The van der Waals surface area contributed by atoms with Crippen LogP contribution in [0.1, 0.15) is 55.0 Å². The van der Waals surface area contributed by atoms with Crippen molar-refractivity contribution in [2.75, 3.05) is 0 Å². The Morgan fingerprint density at radius 3 is 2.41 bits per heavy atom. The molecule has 2 unspecified atom stereocenters. The molecule has 4 aromatic rings. The lowest BCUT2D eigenvalue weighted by Crippen LogP contribution is -2.42. The molecule has 0 aliphatic heterocycles. The molecule has 0 aliphatic rings. The second-order valence-corrected chi connectivity index (χ2v) is 10.3. The molecular weight excluding hydrogens is 480 g/mol. The molecule has 1 heterocycles. The molecule has 186 valence electrons. The van der Waals surface area contributed by atoms with Crippen LogP contribution < -0.4 is 5.32 Å². The highest BCUT2D eigenvalue weighted by Gasteiger charge is 2.34. The third-order valence-electron chi connectivity index (χ3n) is 6.75. The molecule has 3 atom stereocenters. The van der Waals surface area contributed by atoms with Crippen LogP contribution in [0.25, 0.3) is 5.69 Å². The molecule has 0 aliphatic carbocycles. The van der Waals surface area contributed by atoms with Crippen molar-refractivity contribution in [3.05, 3.63) is 112 Å². The number of benzene rings is 3. The maximum atomic E-state index is 10.1. The van der Waals surface area contributed by atoms with Crippen molar-refractivity contribution in [2.24, 2.45) is 5.41 Å². The molecule has 0 fully saturated rings. The van der Waals surface area contributed by atoms with E-state index in [-0.39, 0.29) is 18.0 Å². The van der Waals surface area contributed by atoms with E-state index < -0.39 is 5.41 Å². The molecule has 1 aromatic heterocycles. The third-order valence-corrected chi connectivity index (χ3v) is 7.00. The van der Waals surface area contributed by atoms with Gasteiger partial charge in [0.05, 0.1) is 47.2 Å². The summed E-state index contributed by atoms with van der Waals surface area (Å²) in [6.45, 7) is 6.04. The first-order chi connectivity index (χ1) is 17.8. The summed E-state index contributed by atoms with van der Waals surface area (Å²) in [5, 5.41) is 32.1. The second-order valence-electron chi connectivity index (χ2n) is 9.84. The summed E-state index contributed by atoms with van der Waals surface area (Å²) in [7, 11) is 0. The Kier molecular flexibility index (Phi) is 8.04. The Hall–Kier alpha value is -3.97. The minimum atomic E-state index is -0.700. The van der Waals surface area contributed by atoms with Gasteiger partial charge in [0.2, 0.25) is 0 Å². The topological polar surface area (TPSA) is 90.3 Å². The van der Waals surface area contributed by atoms with E-state index >= 15 is 0 Å². The lowest BCUT2D eigenvalue weighted by molar-refractivity contribution is 0.281. The van der Waals surface area contributed by atoms with Crippen molar-refractivity contribution in [3.8, 4) is 17.8 Å². The minimum absolute atomic E-state index is 0.0303. The zero-order chi connectivity index (χ0) is 26.4. The average Bonchev–Trinajstić information content (AvgIpc) is 3.46. The van der Waals surface area contributed by atoms with Crippen molar-refractivity contribution in [1.82, 2.24) is 20.3 Å². The summed E-state index contributed by atoms with van der Waals surface area (Å²) in [6.07, 6.45) is 4.18. The fourth-order valence-electron chi connectivity index (χ4n) is 4.65. The van der Waals surface area contributed by atoms with Gasteiger partial charge in [-0.25, -0.2) is 4.68 Å². The third kappa shape index (κ3) is 6.24. The zero-order valence-corrected chi connectivity index (χ0v) is 21.9. The van der Waals surface area contributed by atoms with Gasteiger partial charge in [-0.1, -0.05) is 53.2 Å². The van der Waals surface area contributed by atoms with Crippen molar-refractivity contribution in [1.29, 1.82) is 10.5 Å². The Balaban J connectivity index is 1.71. The molecule has 37 heavy (non-hydrogen) atoms. The van der Waals surface area contributed by atoms with Gasteiger partial charge in [0, 0.05) is 17.0 Å². The molecule has 0 radical (unpaired) electrons. The number of rotatable bonds is 9. The van der Waals surface area contributed by atoms with Crippen LogP contribution in [0.4, 0.5) is 0 Å². The predicted molar refractivity (Wildman–Crippen MR) is 145 cm³/mol. The summed E-state index contributed by atoms with van der Waals surface area (Å²) in [6, 6.07) is 28.1. The number of nitrogens with zero attached hydrogens (tertiary/aromatic N) is 5. The van der Waals surface area contributed by atoms with Crippen molar-refractivity contribution >= 4 is 11.6 Å². The van der Waals surface area contributed by atoms with Crippen molar-refractivity contribution in [2.45, 2.75) is 45.2 Å². The molecule has 3 aromatic carbocycles. The summed E-state index contributed by atoms with van der Waals surface area (Å²) < 4.78 is 1.71. The van der Waals surface area contributed by atoms with E-state index in [0.29, 0.717) is 10.6 Å². The van der Waals surface area contributed by atoms with Gasteiger partial charge < -0.3 is 5.32 Å². The largest absolute Gasteiger partial charge is 0.305 e. The molecule has 0 spiro atoms. The minimum Gasteiger partial charge on any atom is -0.305 e. The first kappa shape index (κ1) is 26.1. The van der Waals surface area contributed by atoms with Crippen LogP contribution in [0.2, 0.25) is 5.02 Å². The average molecular weight is 509 g/mol. The fourth-order valence-corrected chi connectivity index (χ4v) is 4.78. The summed E-state index contributed by atoms with van der Waals surface area (Å²) in [5.74, 6) is 0.0463. The summed E-state index contributed by atoms with van der Waals surface area (Å²) in [4.78, 5) is 0. The van der Waals surface area contributed by atoms with Gasteiger partial charge in [0.25, 0.3) is 0 Å². The van der Waals surface area contributed by atoms with Crippen LogP contribution in [-0.2, 0) is 6.42 Å². The molecule has 4 rings (SSSR count). The lowest BCUT2D eigenvalue weighted by Gasteiger charge is -2.36. The number of halogens is 1. The monoisotopic (exact) mass is 508 g/mol. The number of hydrogen-bond acceptors (Lipinski definition) is 5. The molecule has 0 bridgehead atoms. The first-order valence-electron chi connectivity index (χ1n) is 12.2. The second kappa shape index (κ2) is 11.4. The highest BCUT2D eigenvalue weighted by Crippen LogP contribution is 2.36. The normalized spacial score (nSPS) is 13.8. The molecule has 1 N–H and O–H groups in total. The van der Waals surface area contributed by atoms with E-state index in [1.165, 1.54) is 0 Å². The van der Waals surface area contributed by atoms with E-state index in [1.54, 1.807) is 17.1 Å². The smallest absolute Gasteiger partial charge is 0.0991 e. The predicted octanol–water partition coefficient (Wildman–Crippen LogP) is 6.39. The number of nitrogens with one attached hydrogen (secondary N) is 1. The van der Waals surface area contributed by atoms with E-state index in [2.05, 4.69) is 40.8 Å². The Morgan fingerprint density at radius 2 is 1.73 bits per heavy atom. The molecule has 7 heteroatoms. The first-order valence-corrected chi connectivity index (χ1v) is 12.6. The highest BCUT2D eigenvalue weighted by atomic mass is 35.5. The Labute approximate surface area is 223 Å². The molecule has 0 saturated carbocycles. The van der Waals surface area contributed by atoms with Gasteiger partial charge in [-0.2, -0.15) is 10.5 Å². The quantitative estimate of drug-likeness (QED) is 0.283. The SMILES string of the molecule is CC(N[C@@H](c1cccc(-n2ccnn2)c1)C(C)(C)C#N)C(Cc1ccc(Cl)cc1)c1cccc(C#N)c1. The van der Waals surface area contributed by atoms with Gasteiger partial charge in [-0.15, -0.1) is 5.10 Å². The highest BCUT2D eigenvalue weighted by molar-refractivity contribution is 6.30. The van der Waals surface area contributed by atoms with Gasteiger partial charge in [-0.3, -0.25) is 0 Å². The molecule has 6 nitrogen and oxygen atoms in total. The summed E-state index contributed by atoms with van der Waals surface area (Å²) >= 11 is 6.13. The lowest BCUT2D eigenvalue weighted by atomic mass is 9.79. The van der Waals surface area contributed by atoms with Crippen LogP contribution in [-0.4, -0.2) is 21.0 Å². The van der Waals surface area contributed by atoms with Gasteiger partial charge in [0.15, 0.2) is 0 Å². The molecule has 0 amide bonds. The van der Waals surface area contributed by atoms with E-state index in [0.717, 1.165) is 28.8 Å². The standard InChI is InChI=1S/C30H29ClN6/c1-21(28(17-22-10-12-26(31)13-11-22)24-7-4-6-23(16-24)19-32)35-29(30(2,3)20-33)25-8-5-9-27(18-25)37-15-14-34-36-37/h4-16,18,21,28-29,35H,17H2,1-3H3/t21?,28?,29-/m0/s1. The number of hydrogen-bond donors (Lipinski definition) is 1. The van der Waals surface area contributed by atoms with Crippen molar-refractivity contribution < 1.29 is 0 Å². The Morgan fingerprint density at radius 1 is 1.00 bits per heavy atom. The molecular formula is C30H29ClN6. The summed E-state index contributed by atoms with van der Waals surface area (Å²) in [5.41, 5.74) is 4.01. The number of nitriles is 2. The van der Waals surface area contributed by atoms with Crippen LogP contribution in [0.5, 0.6) is 0 Å². The van der Waals surface area contributed by atoms with E-state index in [1.807, 2.05) is 80.6 Å². The Bertz CT molecular complexity index is 1410. The van der Waals surface area contributed by atoms with Crippen LogP contribution >= 0.6 is 11.6 Å². The maximum Gasteiger partial charge on any atom is 0.0991 e. The van der Waals surface area contributed by atoms with Gasteiger partial charge in [0.1, 0.15) is 0 Å². The van der Waals surface area contributed by atoms with Crippen LogP contribution in [0.15, 0.2) is 85.2 Å². The van der Waals surface area contributed by atoms with Crippen molar-refractivity contribution in [3.63, 3.8) is 0 Å². The van der Waals surface area contributed by atoms with Gasteiger partial charge in [-0.05, 0) is 80.3 Å². The van der Waals surface area contributed by atoms with Gasteiger partial charge >= 0.3 is 0 Å². The van der Waals surface area contributed by atoms with E-state index in [4.69, 9.17) is 11.6 Å². The fraction of sp³-hybridized carbons (Fsp3) is 0.267. The molecule has 0 saturated heterocycles. The zero-order valence-electron chi connectivity index (χ0n) is 21.1. The maximum absolute atomic E-state index is 10.1.